The number of halogens is 6. The molecule has 0 spiro atoms. The van der Waals surface area contributed by atoms with E-state index in [0.717, 1.165) is 0 Å². The van der Waals surface area contributed by atoms with Gasteiger partial charge in [0.2, 0.25) is 15.9 Å². The molecule has 0 aliphatic heterocycles. The molecule has 3 rings (SSSR count). The van der Waals surface area contributed by atoms with Gasteiger partial charge in [-0.1, -0.05) is 48.0 Å². The lowest BCUT2D eigenvalue weighted by atomic mass is 10.2. The normalized spacial score (nSPS) is 8.93. The number of aryl methyl sites for hydroxylation is 1. The van der Waals surface area contributed by atoms with Crippen LogP contribution in [0.15, 0.2) is 53.0 Å². The lowest BCUT2D eigenvalue weighted by Crippen LogP contribution is -1.87. The van der Waals surface area contributed by atoms with E-state index in [4.69, 9.17) is 34.8 Å². The van der Waals surface area contributed by atoms with Crippen molar-refractivity contribution in [3.63, 3.8) is 0 Å². The summed E-state index contributed by atoms with van der Waals surface area (Å²) in [5.74, 6) is 0. The van der Waals surface area contributed by atoms with Gasteiger partial charge in [-0.25, -0.2) is 0 Å². The molecule has 146 valence electrons. The zero-order chi connectivity index (χ0) is 20.8. The number of nitrogens with zero attached hydrogens (tertiary/aromatic N) is 3. The highest BCUT2D eigenvalue weighted by Gasteiger charge is 1.97. The highest BCUT2D eigenvalue weighted by molar-refractivity contribution is 14.1. The van der Waals surface area contributed by atoms with Crippen molar-refractivity contribution in [1.29, 1.82) is 0 Å². The third kappa shape index (κ3) is 14.0. The van der Waals surface area contributed by atoms with Gasteiger partial charge in [0, 0.05) is 11.6 Å². The minimum absolute atomic E-state index is 0.000000000000000444. The number of hydrogen-bond donors (Lipinski definition) is 0. The molecular weight excluding hydrogens is 698 g/mol. The Balaban J connectivity index is 0.000000361. The molecule has 0 aliphatic rings. The molecule has 0 amide bonds. The van der Waals surface area contributed by atoms with Crippen LogP contribution in [0.25, 0.3) is 0 Å². The largest absolute Gasteiger partial charge is 0.227 e. The van der Waals surface area contributed by atoms with Crippen LogP contribution in [-0.2, 0) is 0 Å². The van der Waals surface area contributed by atoms with Crippen molar-refractivity contribution in [2.24, 2.45) is 0 Å². The minimum atomic E-state index is 0.000000000000000444. The maximum Gasteiger partial charge on any atom is 0.227 e. The second-order valence-corrected chi connectivity index (χ2v) is 8.69. The molecule has 0 N–H and O–H groups in total. The Morgan fingerprint density at radius 2 is 1.19 bits per heavy atom. The molecular formula is C18H17BrCl3I2N3. The fraction of sp³-hybridized carbons (Fsp3) is 0.167. The maximum absolute atomic E-state index is 5.32. The quantitative estimate of drug-likeness (QED) is 0.219. The summed E-state index contributed by atoms with van der Waals surface area (Å²) in [6.07, 6.45) is 0. The topological polar surface area (TPSA) is 38.7 Å². The number of rotatable bonds is 0. The standard InChI is InChI=1S/C7H6BrI.C6H5I.C3Cl3N3.C2H6/c1-5-4-6(9)2-3-7(5)8;7-6-4-2-1-3-5-6;4-1-7-2(5)9-3(6)8-1;1-2/h2-4H,1H3;1-5H;;1-2H3. The van der Waals surface area contributed by atoms with E-state index in [1.54, 1.807) is 0 Å². The van der Waals surface area contributed by atoms with Crippen LogP contribution in [-0.4, -0.2) is 15.0 Å². The summed E-state index contributed by atoms with van der Waals surface area (Å²) >= 11 is 24.0. The lowest BCUT2D eigenvalue weighted by Gasteiger charge is -1.95. The first-order chi connectivity index (χ1) is 12.8. The monoisotopic (exact) mass is 713 g/mol. The number of aromatic nitrogens is 3. The average Bonchev–Trinajstić information content (AvgIpc) is 2.61. The van der Waals surface area contributed by atoms with Crippen LogP contribution in [0.2, 0.25) is 15.9 Å². The smallest absolute Gasteiger partial charge is 0.187 e. The van der Waals surface area contributed by atoms with E-state index in [1.807, 2.05) is 32.0 Å². The van der Waals surface area contributed by atoms with Crippen molar-refractivity contribution in [2.75, 3.05) is 0 Å². The van der Waals surface area contributed by atoms with Gasteiger partial charge >= 0.3 is 0 Å². The first kappa shape index (κ1) is 27.3. The molecule has 0 bridgehead atoms. The number of benzene rings is 2. The van der Waals surface area contributed by atoms with Crippen LogP contribution in [0.5, 0.6) is 0 Å². The molecule has 0 aliphatic carbocycles. The van der Waals surface area contributed by atoms with E-state index < -0.39 is 0 Å². The fourth-order valence-electron chi connectivity index (χ4n) is 1.33. The summed E-state index contributed by atoms with van der Waals surface area (Å²) in [6, 6.07) is 16.5. The summed E-state index contributed by atoms with van der Waals surface area (Å²) in [5.41, 5.74) is 1.29. The van der Waals surface area contributed by atoms with E-state index in [1.165, 1.54) is 17.2 Å². The van der Waals surface area contributed by atoms with Crippen molar-refractivity contribution in [3.8, 4) is 0 Å². The van der Waals surface area contributed by atoms with Crippen molar-refractivity contribution in [1.82, 2.24) is 15.0 Å². The van der Waals surface area contributed by atoms with Crippen molar-refractivity contribution < 1.29 is 0 Å². The molecule has 1 heterocycles. The Labute approximate surface area is 211 Å². The summed E-state index contributed by atoms with van der Waals surface area (Å²) in [6.45, 7) is 6.09. The van der Waals surface area contributed by atoms with E-state index in [2.05, 4.69) is 113 Å². The molecule has 27 heavy (non-hydrogen) atoms. The molecule has 0 fully saturated rings. The van der Waals surface area contributed by atoms with Gasteiger partial charge in [-0.15, -0.1) is 0 Å². The van der Waals surface area contributed by atoms with Gasteiger partial charge in [0.05, 0.1) is 0 Å². The Kier molecular flexibility index (Phi) is 16.3. The van der Waals surface area contributed by atoms with Crippen LogP contribution in [0.4, 0.5) is 0 Å². The van der Waals surface area contributed by atoms with Gasteiger partial charge in [-0.3, -0.25) is 0 Å². The van der Waals surface area contributed by atoms with Gasteiger partial charge in [-0.2, -0.15) is 15.0 Å². The predicted molar refractivity (Wildman–Crippen MR) is 137 cm³/mol. The minimum Gasteiger partial charge on any atom is -0.187 e. The van der Waals surface area contributed by atoms with Crippen LogP contribution < -0.4 is 0 Å². The second kappa shape index (κ2) is 16.1. The van der Waals surface area contributed by atoms with E-state index in [0.29, 0.717) is 0 Å². The fourth-order valence-corrected chi connectivity index (χ4v) is 3.25. The van der Waals surface area contributed by atoms with Crippen LogP contribution >= 0.6 is 95.9 Å². The Hall–Kier alpha value is 0.260. The zero-order valence-electron chi connectivity index (χ0n) is 14.7. The van der Waals surface area contributed by atoms with Crippen molar-refractivity contribution in [2.45, 2.75) is 20.8 Å². The van der Waals surface area contributed by atoms with Crippen molar-refractivity contribution in [3.05, 3.63) is 81.6 Å². The summed E-state index contributed by atoms with van der Waals surface area (Å²) < 4.78 is 3.76. The van der Waals surface area contributed by atoms with Gasteiger partial charge in [0.15, 0.2) is 0 Å². The van der Waals surface area contributed by atoms with Gasteiger partial charge in [-0.05, 0) is 123 Å². The Morgan fingerprint density at radius 1 is 0.741 bits per heavy atom. The molecule has 0 atom stereocenters. The summed E-state index contributed by atoms with van der Waals surface area (Å²) in [7, 11) is 0. The molecule has 2 aromatic carbocycles. The highest BCUT2D eigenvalue weighted by Crippen LogP contribution is 2.17. The first-order valence-electron chi connectivity index (χ1n) is 7.62. The first-order valence-corrected chi connectivity index (χ1v) is 11.7. The Morgan fingerprint density at radius 3 is 1.48 bits per heavy atom. The summed E-state index contributed by atoms with van der Waals surface area (Å²) in [4.78, 5) is 10.4. The SMILES string of the molecule is CC.Cc1cc(I)ccc1Br.Clc1nc(Cl)nc(Cl)n1.Ic1ccccc1. The van der Waals surface area contributed by atoms with E-state index in [9.17, 15) is 0 Å². The zero-order valence-corrected chi connectivity index (χ0v) is 22.9. The summed E-state index contributed by atoms with van der Waals surface area (Å²) in [5, 5.41) is 0.00000000000000178. The molecule has 9 heteroatoms. The maximum atomic E-state index is 5.32. The van der Waals surface area contributed by atoms with E-state index in [-0.39, 0.29) is 15.9 Å². The lowest BCUT2D eigenvalue weighted by molar-refractivity contribution is 1.05. The van der Waals surface area contributed by atoms with Crippen LogP contribution in [0.3, 0.4) is 0 Å². The van der Waals surface area contributed by atoms with E-state index >= 15 is 0 Å². The predicted octanol–water partition coefficient (Wildman–Crippen LogP) is 8.51. The molecule has 0 saturated carbocycles. The van der Waals surface area contributed by atoms with Crippen LogP contribution in [0.1, 0.15) is 19.4 Å². The van der Waals surface area contributed by atoms with Gasteiger partial charge in [0.1, 0.15) is 0 Å². The van der Waals surface area contributed by atoms with Gasteiger partial charge in [0.25, 0.3) is 0 Å². The third-order valence-electron chi connectivity index (χ3n) is 2.41. The molecule has 0 radical (unpaired) electrons. The second-order valence-electron chi connectivity index (χ2n) is 4.33. The molecule has 3 nitrogen and oxygen atoms in total. The van der Waals surface area contributed by atoms with Gasteiger partial charge < -0.3 is 0 Å². The Bertz CT molecular complexity index is 759. The number of hydrogen-bond acceptors (Lipinski definition) is 3. The van der Waals surface area contributed by atoms with Crippen molar-refractivity contribution >= 4 is 95.9 Å². The van der Waals surface area contributed by atoms with Crippen LogP contribution in [0, 0.1) is 14.1 Å². The highest BCUT2D eigenvalue weighted by atomic mass is 127. The molecule has 0 unspecified atom stereocenters. The molecule has 3 aromatic rings. The average molecular weight is 715 g/mol. The molecule has 0 saturated heterocycles. The molecule has 1 aromatic heterocycles. The third-order valence-corrected chi connectivity index (χ3v) is 5.19.